The maximum Gasteiger partial charge on any atom is 0.244 e. The van der Waals surface area contributed by atoms with Gasteiger partial charge in [-0.05, 0) is 49.2 Å². The molecule has 0 aliphatic rings. The number of carbonyl (C=O) groups excluding carboxylic acids is 2. The van der Waals surface area contributed by atoms with Gasteiger partial charge in [0.2, 0.25) is 21.8 Å². The number of sulfonamides is 1. The second kappa shape index (κ2) is 13.5. The Morgan fingerprint density at radius 2 is 1.66 bits per heavy atom. The molecular weight excluding hydrogens is 577 g/mol. The molecule has 0 heterocycles. The maximum absolute atomic E-state index is 13.6. The predicted molar refractivity (Wildman–Crippen MR) is 145 cm³/mol. The molecule has 1 N–H and O–H groups in total. The summed E-state index contributed by atoms with van der Waals surface area (Å²) >= 11 is 16.1. The number of amides is 2. The lowest BCUT2D eigenvalue weighted by atomic mass is 10.1. The van der Waals surface area contributed by atoms with Gasteiger partial charge in [-0.15, -0.1) is 0 Å². The van der Waals surface area contributed by atoms with Crippen molar-refractivity contribution in [3.63, 3.8) is 0 Å². The summed E-state index contributed by atoms with van der Waals surface area (Å²) in [6.45, 7) is 3.76. The number of anilines is 1. The lowest BCUT2D eigenvalue weighted by Crippen LogP contribution is -2.52. The molecule has 2 aromatic carbocycles. The highest BCUT2D eigenvalue weighted by Gasteiger charge is 2.32. The van der Waals surface area contributed by atoms with Gasteiger partial charge in [-0.2, -0.15) is 0 Å². The Bertz CT molecular complexity index is 1110. The summed E-state index contributed by atoms with van der Waals surface area (Å²) in [6, 6.07) is 10.7. The predicted octanol–water partition coefficient (Wildman–Crippen LogP) is 5.25. The molecule has 0 unspecified atom stereocenters. The molecule has 0 aromatic heterocycles. The minimum atomic E-state index is -3.80. The van der Waals surface area contributed by atoms with Crippen molar-refractivity contribution in [1.82, 2.24) is 10.2 Å². The Balaban J connectivity index is 2.45. The van der Waals surface area contributed by atoms with Crippen molar-refractivity contribution in [2.75, 3.05) is 23.7 Å². The van der Waals surface area contributed by atoms with E-state index >= 15 is 0 Å². The molecule has 11 heteroatoms. The van der Waals surface area contributed by atoms with Crippen LogP contribution in [0.25, 0.3) is 0 Å². The molecule has 1 atom stereocenters. The normalized spacial score (nSPS) is 12.2. The van der Waals surface area contributed by atoms with Crippen LogP contribution in [0.2, 0.25) is 10.0 Å². The first-order valence-electron chi connectivity index (χ1n) is 11.2. The summed E-state index contributed by atoms with van der Waals surface area (Å²) in [5.41, 5.74) is 0.818. The van der Waals surface area contributed by atoms with E-state index in [2.05, 4.69) is 21.2 Å². The third kappa shape index (κ3) is 8.37. The number of carbonyl (C=O) groups is 2. The van der Waals surface area contributed by atoms with Gasteiger partial charge in [0.05, 0.1) is 11.9 Å². The molecule has 0 radical (unpaired) electrons. The van der Waals surface area contributed by atoms with Crippen molar-refractivity contribution in [2.24, 2.45) is 0 Å². The Morgan fingerprint density at radius 3 is 2.17 bits per heavy atom. The van der Waals surface area contributed by atoms with Gasteiger partial charge in [-0.3, -0.25) is 13.9 Å². The number of nitrogens with one attached hydrogen (secondary N) is 1. The monoisotopic (exact) mass is 605 g/mol. The standard InChI is InChI=1S/C24H30BrCl2N3O4S/c1-4-6-14-28-24(32)22(5-2)29(15-19-20(26)8-7-9-21(19)27)23(31)16-30(35(3,33)34)18-12-10-17(25)11-13-18/h7-13,22H,4-6,14-16H2,1-3H3,(H,28,32)/t22-/m0/s1. The SMILES string of the molecule is CCCCNC(=O)[C@H](CC)N(Cc1c(Cl)cccc1Cl)C(=O)CN(c1ccc(Br)cc1)S(C)(=O)=O. The largest absolute Gasteiger partial charge is 0.354 e. The molecule has 0 fully saturated rings. The molecule has 0 spiro atoms. The average Bonchev–Trinajstić information content (AvgIpc) is 2.79. The van der Waals surface area contributed by atoms with Gasteiger partial charge in [-0.1, -0.05) is 65.5 Å². The van der Waals surface area contributed by atoms with E-state index in [0.29, 0.717) is 34.3 Å². The van der Waals surface area contributed by atoms with E-state index in [0.717, 1.165) is 27.9 Å². The summed E-state index contributed by atoms with van der Waals surface area (Å²) in [5, 5.41) is 3.57. The quantitative estimate of drug-likeness (QED) is 0.335. The molecule has 7 nitrogen and oxygen atoms in total. The molecule has 0 aliphatic heterocycles. The maximum atomic E-state index is 13.6. The lowest BCUT2D eigenvalue weighted by Gasteiger charge is -2.33. The molecule has 0 saturated heterocycles. The van der Waals surface area contributed by atoms with Gasteiger partial charge < -0.3 is 10.2 Å². The summed E-state index contributed by atoms with van der Waals surface area (Å²) in [4.78, 5) is 28.0. The van der Waals surface area contributed by atoms with Gasteiger partial charge >= 0.3 is 0 Å². The van der Waals surface area contributed by atoms with Crippen LogP contribution in [-0.4, -0.2) is 50.5 Å². The Hall–Kier alpha value is -1.81. The number of benzene rings is 2. The fourth-order valence-corrected chi connectivity index (χ4v) is 5.13. The highest BCUT2D eigenvalue weighted by Crippen LogP contribution is 2.28. The van der Waals surface area contributed by atoms with Gasteiger partial charge in [0.25, 0.3) is 0 Å². The molecule has 2 aromatic rings. The van der Waals surface area contributed by atoms with E-state index in [4.69, 9.17) is 23.2 Å². The van der Waals surface area contributed by atoms with E-state index < -0.39 is 28.5 Å². The molecule has 35 heavy (non-hydrogen) atoms. The molecule has 192 valence electrons. The van der Waals surface area contributed by atoms with Crippen LogP contribution in [-0.2, 0) is 26.2 Å². The van der Waals surface area contributed by atoms with Gasteiger partial charge in [-0.25, -0.2) is 8.42 Å². The smallest absolute Gasteiger partial charge is 0.244 e. The minimum Gasteiger partial charge on any atom is -0.354 e. The first-order chi connectivity index (χ1) is 16.5. The summed E-state index contributed by atoms with van der Waals surface area (Å²) in [5.74, 6) is -0.862. The zero-order valence-electron chi connectivity index (χ0n) is 19.9. The van der Waals surface area contributed by atoms with Gasteiger partial charge in [0.15, 0.2) is 0 Å². The molecular formula is C24H30BrCl2N3O4S. The Labute approximate surface area is 225 Å². The highest BCUT2D eigenvalue weighted by atomic mass is 79.9. The minimum absolute atomic E-state index is 0.0466. The van der Waals surface area contributed by atoms with Crippen LogP contribution in [0.15, 0.2) is 46.9 Å². The molecule has 0 bridgehead atoms. The van der Waals surface area contributed by atoms with Crippen molar-refractivity contribution in [3.05, 3.63) is 62.5 Å². The van der Waals surface area contributed by atoms with Crippen molar-refractivity contribution >= 4 is 66.7 Å². The van der Waals surface area contributed by atoms with Crippen molar-refractivity contribution < 1.29 is 18.0 Å². The van der Waals surface area contributed by atoms with Crippen LogP contribution in [0, 0.1) is 0 Å². The van der Waals surface area contributed by atoms with E-state index in [-0.39, 0.29) is 12.5 Å². The third-order valence-electron chi connectivity index (χ3n) is 5.40. The number of rotatable bonds is 12. The van der Waals surface area contributed by atoms with E-state index in [1.807, 2.05) is 6.92 Å². The fraction of sp³-hybridized carbons (Fsp3) is 0.417. The number of hydrogen-bond donors (Lipinski definition) is 1. The van der Waals surface area contributed by atoms with Crippen LogP contribution in [0.3, 0.4) is 0 Å². The zero-order valence-corrected chi connectivity index (χ0v) is 23.8. The zero-order chi connectivity index (χ0) is 26.2. The summed E-state index contributed by atoms with van der Waals surface area (Å²) in [6.07, 6.45) is 3.07. The third-order valence-corrected chi connectivity index (χ3v) is 7.78. The number of hydrogen-bond acceptors (Lipinski definition) is 4. The Morgan fingerprint density at radius 1 is 1.06 bits per heavy atom. The first-order valence-corrected chi connectivity index (χ1v) is 14.6. The van der Waals surface area contributed by atoms with Crippen LogP contribution in [0.4, 0.5) is 5.69 Å². The van der Waals surface area contributed by atoms with Crippen molar-refractivity contribution in [2.45, 2.75) is 45.7 Å². The van der Waals surface area contributed by atoms with Crippen molar-refractivity contribution in [3.8, 4) is 0 Å². The highest BCUT2D eigenvalue weighted by molar-refractivity contribution is 9.10. The summed E-state index contributed by atoms with van der Waals surface area (Å²) in [7, 11) is -3.80. The number of nitrogens with zero attached hydrogens (tertiary/aromatic N) is 2. The summed E-state index contributed by atoms with van der Waals surface area (Å²) < 4.78 is 27.0. The van der Waals surface area contributed by atoms with E-state index in [1.165, 1.54) is 4.90 Å². The molecule has 0 aliphatic carbocycles. The number of halogens is 3. The van der Waals surface area contributed by atoms with E-state index in [1.54, 1.807) is 49.4 Å². The Kier molecular flexibility index (Phi) is 11.3. The second-order valence-corrected chi connectivity index (χ2v) is 11.7. The van der Waals surface area contributed by atoms with Crippen LogP contribution < -0.4 is 9.62 Å². The van der Waals surface area contributed by atoms with Gasteiger partial charge in [0.1, 0.15) is 12.6 Å². The van der Waals surface area contributed by atoms with Crippen LogP contribution in [0.1, 0.15) is 38.7 Å². The van der Waals surface area contributed by atoms with Gasteiger partial charge in [0, 0.05) is 33.2 Å². The van der Waals surface area contributed by atoms with Crippen LogP contribution >= 0.6 is 39.1 Å². The lowest BCUT2D eigenvalue weighted by molar-refractivity contribution is -0.140. The second-order valence-electron chi connectivity index (χ2n) is 8.04. The number of unbranched alkanes of at least 4 members (excludes halogenated alkanes) is 1. The van der Waals surface area contributed by atoms with Crippen molar-refractivity contribution in [1.29, 1.82) is 0 Å². The molecule has 2 amide bonds. The van der Waals surface area contributed by atoms with Crippen LogP contribution in [0.5, 0.6) is 0 Å². The fourth-order valence-electron chi connectivity index (χ4n) is 3.50. The first kappa shape index (κ1) is 29.4. The molecule has 0 saturated carbocycles. The average molecular weight is 607 g/mol. The van der Waals surface area contributed by atoms with E-state index in [9.17, 15) is 18.0 Å². The molecule has 2 rings (SSSR count). The topological polar surface area (TPSA) is 86.8 Å².